The van der Waals surface area contributed by atoms with Crippen molar-refractivity contribution >= 4 is 15.9 Å². The molecule has 0 saturated heterocycles. The Morgan fingerprint density at radius 3 is 2.60 bits per heavy atom. The molecule has 0 aliphatic rings. The van der Waals surface area contributed by atoms with Crippen LogP contribution in [0.2, 0.25) is 0 Å². The summed E-state index contributed by atoms with van der Waals surface area (Å²) in [6.07, 6.45) is 1.91. The van der Waals surface area contributed by atoms with E-state index in [-0.39, 0.29) is 0 Å². The van der Waals surface area contributed by atoms with Crippen LogP contribution in [-0.2, 0) is 13.1 Å². The highest BCUT2D eigenvalue weighted by Crippen LogP contribution is 2.21. The highest BCUT2D eigenvalue weighted by atomic mass is 79.9. The molecule has 1 N–H and O–H groups in total. The molecule has 3 nitrogen and oxygen atoms in total. The molecular weight excluding hydrogens is 314 g/mol. The average molecular weight is 336 g/mol. The van der Waals surface area contributed by atoms with Crippen molar-refractivity contribution in [3.8, 4) is 0 Å². The quantitative estimate of drug-likeness (QED) is 0.900. The second-order valence-electron chi connectivity index (χ2n) is 5.50. The average Bonchev–Trinajstić information content (AvgIpc) is 2.71. The van der Waals surface area contributed by atoms with Gasteiger partial charge in [-0.1, -0.05) is 41.9 Å². The van der Waals surface area contributed by atoms with Crippen LogP contribution < -0.4 is 5.32 Å². The molecule has 1 aromatic heterocycles. The molecule has 0 unspecified atom stereocenters. The molecule has 0 aliphatic heterocycles. The fourth-order valence-electron chi connectivity index (χ4n) is 2.04. The number of halogens is 1. The molecule has 0 radical (unpaired) electrons. The number of hydrogen-bond donors (Lipinski definition) is 1. The first-order valence-electron chi connectivity index (χ1n) is 6.96. The van der Waals surface area contributed by atoms with Crippen molar-refractivity contribution in [1.82, 2.24) is 14.9 Å². The van der Waals surface area contributed by atoms with E-state index >= 15 is 0 Å². The van der Waals surface area contributed by atoms with Gasteiger partial charge in [0, 0.05) is 29.3 Å². The van der Waals surface area contributed by atoms with Crippen LogP contribution in [0, 0.1) is 13.8 Å². The topological polar surface area (TPSA) is 29.9 Å². The molecular formula is C16H22BrN3. The van der Waals surface area contributed by atoms with Gasteiger partial charge in [-0.3, -0.25) is 0 Å². The van der Waals surface area contributed by atoms with Crippen LogP contribution in [-0.4, -0.2) is 15.6 Å². The smallest absolute Gasteiger partial charge is 0.0954 e. The summed E-state index contributed by atoms with van der Waals surface area (Å²) < 4.78 is 3.34. The lowest BCUT2D eigenvalue weighted by molar-refractivity contribution is 0.588. The molecule has 0 spiro atoms. The third kappa shape index (κ3) is 3.70. The third-order valence-corrected chi connectivity index (χ3v) is 4.26. The van der Waals surface area contributed by atoms with Gasteiger partial charge in [-0.25, -0.2) is 4.98 Å². The van der Waals surface area contributed by atoms with E-state index in [1.807, 2.05) is 13.3 Å². The predicted octanol–water partition coefficient (Wildman–Crippen LogP) is 3.81. The number of benzene rings is 1. The SMILES string of the molecule is Cc1ncn(Cc2ccc(CNC(C)C)cc2Br)c1C. The minimum atomic E-state index is 0.505. The van der Waals surface area contributed by atoms with Crippen LogP contribution in [0.1, 0.15) is 36.4 Å². The number of hydrogen-bond acceptors (Lipinski definition) is 2. The van der Waals surface area contributed by atoms with E-state index < -0.39 is 0 Å². The Kier molecular flexibility index (Phi) is 5.00. The zero-order valence-electron chi connectivity index (χ0n) is 12.6. The molecule has 0 aliphatic carbocycles. The van der Waals surface area contributed by atoms with Gasteiger partial charge in [0.05, 0.1) is 12.0 Å². The van der Waals surface area contributed by atoms with Gasteiger partial charge in [0.2, 0.25) is 0 Å². The summed E-state index contributed by atoms with van der Waals surface area (Å²) in [5.41, 5.74) is 4.90. The second-order valence-corrected chi connectivity index (χ2v) is 6.36. The zero-order valence-corrected chi connectivity index (χ0v) is 14.2. The van der Waals surface area contributed by atoms with Crippen LogP contribution in [0.5, 0.6) is 0 Å². The summed E-state index contributed by atoms with van der Waals surface area (Å²) in [6.45, 7) is 10.2. The maximum Gasteiger partial charge on any atom is 0.0954 e. The van der Waals surface area contributed by atoms with Crippen LogP contribution in [0.25, 0.3) is 0 Å². The van der Waals surface area contributed by atoms with Crippen molar-refractivity contribution in [2.45, 2.75) is 46.8 Å². The van der Waals surface area contributed by atoms with Crippen molar-refractivity contribution in [2.75, 3.05) is 0 Å². The molecule has 20 heavy (non-hydrogen) atoms. The van der Waals surface area contributed by atoms with Crippen molar-refractivity contribution in [2.24, 2.45) is 0 Å². The predicted molar refractivity (Wildman–Crippen MR) is 86.9 cm³/mol. The Labute approximate surface area is 129 Å². The molecule has 2 aromatic rings. The Balaban J connectivity index is 2.11. The molecule has 0 atom stereocenters. The van der Waals surface area contributed by atoms with Crippen LogP contribution in [0.3, 0.4) is 0 Å². The minimum absolute atomic E-state index is 0.505. The fourth-order valence-corrected chi connectivity index (χ4v) is 2.59. The Bertz CT molecular complexity index is 587. The van der Waals surface area contributed by atoms with Crippen molar-refractivity contribution in [3.63, 3.8) is 0 Å². The third-order valence-electron chi connectivity index (χ3n) is 3.52. The van der Waals surface area contributed by atoms with Crippen LogP contribution in [0.15, 0.2) is 29.0 Å². The number of nitrogens with one attached hydrogen (secondary N) is 1. The van der Waals surface area contributed by atoms with Gasteiger partial charge in [-0.05, 0) is 31.0 Å². The van der Waals surface area contributed by atoms with E-state index in [0.717, 1.165) is 23.3 Å². The largest absolute Gasteiger partial charge is 0.330 e. The summed E-state index contributed by atoms with van der Waals surface area (Å²) in [7, 11) is 0. The maximum atomic E-state index is 4.35. The summed E-state index contributed by atoms with van der Waals surface area (Å²) in [5.74, 6) is 0. The van der Waals surface area contributed by atoms with Crippen LogP contribution in [0.4, 0.5) is 0 Å². The van der Waals surface area contributed by atoms with E-state index in [9.17, 15) is 0 Å². The lowest BCUT2D eigenvalue weighted by atomic mass is 10.1. The van der Waals surface area contributed by atoms with Gasteiger partial charge in [0.15, 0.2) is 0 Å². The first-order valence-corrected chi connectivity index (χ1v) is 7.75. The van der Waals surface area contributed by atoms with E-state index in [4.69, 9.17) is 0 Å². The Morgan fingerprint density at radius 1 is 1.30 bits per heavy atom. The van der Waals surface area contributed by atoms with Gasteiger partial charge >= 0.3 is 0 Å². The fraction of sp³-hybridized carbons (Fsp3) is 0.438. The van der Waals surface area contributed by atoms with Crippen LogP contribution >= 0.6 is 15.9 Å². The van der Waals surface area contributed by atoms with Crippen molar-refractivity contribution < 1.29 is 0 Å². The first-order chi connectivity index (χ1) is 9.47. The van der Waals surface area contributed by atoms with Gasteiger partial charge < -0.3 is 9.88 Å². The number of aryl methyl sites for hydroxylation is 1. The highest BCUT2D eigenvalue weighted by molar-refractivity contribution is 9.10. The molecule has 0 saturated carbocycles. The summed E-state index contributed by atoms with van der Waals surface area (Å²) in [6, 6.07) is 7.08. The monoisotopic (exact) mass is 335 g/mol. The van der Waals surface area contributed by atoms with E-state index in [0.29, 0.717) is 6.04 Å². The number of rotatable bonds is 5. The molecule has 0 bridgehead atoms. The lowest BCUT2D eigenvalue weighted by Gasteiger charge is -2.12. The zero-order chi connectivity index (χ0) is 14.7. The molecule has 0 amide bonds. The minimum Gasteiger partial charge on any atom is -0.330 e. The van der Waals surface area contributed by atoms with Crippen molar-refractivity contribution in [3.05, 3.63) is 51.5 Å². The van der Waals surface area contributed by atoms with Crippen molar-refractivity contribution in [1.29, 1.82) is 0 Å². The van der Waals surface area contributed by atoms with E-state index in [2.05, 4.69) is 69.8 Å². The number of imidazole rings is 1. The molecule has 1 heterocycles. The summed E-state index contributed by atoms with van der Waals surface area (Å²) in [5, 5.41) is 3.43. The molecule has 0 fully saturated rings. The number of nitrogens with zero attached hydrogens (tertiary/aromatic N) is 2. The van der Waals surface area contributed by atoms with Gasteiger partial charge in [0.1, 0.15) is 0 Å². The Hall–Kier alpha value is -1.13. The van der Waals surface area contributed by atoms with Gasteiger partial charge in [-0.15, -0.1) is 0 Å². The summed E-state index contributed by atoms with van der Waals surface area (Å²) in [4.78, 5) is 4.35. The van der Waals surface area contributed by atoms with E-state index in [1.54, 1.807) is 0 Å². The van der Waals surface area contributed by atoms with Gasteiger partial charge in [-0.2, -0.15) is 0 Å². The summed E-state index contributed by atoms with van der Waals surface area (Å²) >= 11 is 3.68. The molecule has 2 rings (SSSR count). The Morgan fingerprint density at radius 2 is 2.05 bits per heavy atom. The molecule has 108 valence electrons. The van der Waals surface area contributed by atoms with Gasteiger partial charge in [0.25, 0.3) is 0 Å². The maximum absolute atomic E-state index is 4.35. The lowest BCUT2D eigenvalue weighted by Crippen LogP contribution is -2.21. The number of aromatic nitrogens is 2. The second kappa shape index (κ2) is 6.55. The standard InChI is InChI=1S/C16H22BrN3/c1-11(2)18-8-14-5-6-15(16(17)7-14)9-20-10-19-12(3)13(20)4/h5-7,10-11,18H,8-9H2,1-4H3. The normalized spacial score (nSPS) is 11.3. The van der Waals surface area contributed by atoms with E-state index in [1.165, 1.54) is 16.8 Å². The highest BCUT2D eigenvalue weighted by Gasteiger charge is 2.06. The first kappa shape index (κ1) is 15.3. The molecule has 4 heteroatoms. The molecule has 1 aromatic carbocycles.